The lowest BCUT2D eigenvalue weighted by Gasteiger charge is -2.07. The number of rotatable bonds is 6. The molecule has 100 valence electrons. The van der Waals surface area contributed by atoms with E-state index in [4.69, 9.17) is 4.42 Å². The maximum Gasteiger partial charge on any atom is 0.135 e. The summed E-state index contributed by atoms with van der Waals surface area (Å²) in [5.41, 5.74) is 0. The standard InChI is InChI=1S/C14H17N3OS/c1-2-15-12-8-13(17-14(16-12)10-5-6-10)19-9-11-4-3-7-18-11/h3-4,7-8,10H,2,5-6,9H2,1H3,(H,15,16,17). The monoisotopic (exact) mass is 275 g/mol. The molecule has 2 aromatic rings. The van der Waals surface area contributed by atoms with Gasteiger partial charge in [0, 0.05) is 18.5 Å². The first-order chi connectivity index (χ1) is 9.35. The molecule has 5 heteroatoms. The minimum atomic E-state index is 0.571. The average molecular weight is 275 g/mol. The maximum absolute atomic E-state index is 5.34. The van der Waals surface area contributed by atoms with Crippen LogP contribution in [-0.2, 0) is 5.75 Å². The molecular weight excluding hydrogens is 258 g/mol. The van der Waals surface area contributed by atoms with Crippen LogP contribution in [0.3, 0.4) is 0 Å². The molecule has 3 rings (SSSR count). The van der Waals surface area contributed by atoms with E-state index in [-0.39, 0.29) is 0 Å². The van der Waals surface area contributed by atoms with Crippen molar-refractivity contribution < 1.29 is 4.42 Å². The number of furan rings is 1. The first-order valence-corrected chi connectivity index (χ1v) is 7.61. The summed E-state index contributed by atoms with van der Waals surface area (Å²) in [5.74, 6) is 4.27. The highest BCUT2D eigenvalue weighted by atomic mass is 32.2. The van der Waals surface area contributed by atoms with Crippen LogP contribution in [0.2, 0.25) is 0 Å². The van der Waals surface area contributed by atoms with Gasteiger partial charge in [0.1, 0.15) is 22.4 Å². The third-order valence-electron chi connectivity index (χ3n) is 2.96. The largest absolute Gasteiger partial charge is 0.468 e. The molecule has 1 aliphatic carbocycles. The normalized spacial score (nSPS) is 14.6. The molecule has 2 heterocycles. The predicted molar refractivity (Wildman–Crippen MR) is 76.4 cm³/mol. The number of nitrogens with zero attached hydrogens (tertiary/aromatic N) is 2. The molecule has 2 aromatic heterocycles. The average Bonchev–Trinajstić information content (AvgIpc) is 3.14. The van der Waals surface area contributed by atoms with Crippen LogP contribution in [0.5, 0.6) is 0 Å². The molecular formula is C14H17N3OS. The summed E-state index contributed by atoms with van der Waals surface area (Å²) in [6.07, 6.45) is 4.14. The fourth-order valence-corrected chi connectivity index (χ4v) is 2.66. The van der Waals surface area contributed by atoms with E-state index in [0.717, 1.165) is 34.7 Å². The molecule has 0 unspecified atom stereocenters. The van der Waals surface area contributed by atoms with Gasteiger partial charge < -0.3 is 9.73 Å². The highest BCUT2D eigenvalue weighted by Crippen LogP contribution is 2.39. The molecule has 1 saturated carbocycles. The zero-order valence-electron chi connectivity index (χ0n) is 10.9. The Hall–Kier alpha value is -1.49. The van der Waals surface area contributed by atoms with Crippen molar-refractivity contribution in [3.8, 4) is 0 Å². The van der Waals surface area contributed by atoms with E-state index >= 15 is 0 Å². The van der Waals surface area contributed by atoms with Gasteiger partial charge in [-0.05, 0) is 31.9 Å². The minimum absolute atomic E-state index is 0.571. The van der Waals surface area contributed by atoms with E-state index in [9.17, 15) is 0 Å². The first kappa shape index (κ1) is 12.5. The Bertz CT molecular complexity index is 538. The van der Waals surface area contributed by atoms with Crippen molar-refractivity contribution in [2.75, 3.05) is 11.9 Å². The second kappa shape index (κ2) is 5.65. The predicted octanol–water partition coefficient (Wildman–Crippen LogP) is 3.67. The van der Waals surface area contributed by atoms with Gasteiger partial charge in [0.2, 0.25) is 0 Å². The third kappa shape index (κ3) is 3.29. The van der Waals surface area contributed by atoms with Crippen LogP contribution < -0.4 is 5.32 Å². The summed E-state index contributed by atoms with van der Waals surface area (Å²) < 4.78 is 5.34. The van der Waals surface area contributed by atoms with Gasteiger partial charge in [-0.1, -0.05) is 11.8 Å². The second-order valence-corrected chi connectivity index (χ2v) is 5.62. The van der Waals surface area contributed by atoms with Gasteiger partial charge in [-0.3, -0.25) is 0 Å². The van der Waals surface area contributed by atoms with Gasteiger partial charge in [0.05, 0.1) is 12.0 Å². The lowest BCUT2D eigenvalue weighted by molar-refractivity contribution is 0.530. The van der Waals surface area contributed by atoms with Crippen LogP contribution in [0.4, 0.5) is 5.82 Å². The Balaban J connectivity index is 1.74. The number of aromatic nitrogens is 2. The zero-order valence-corrected chi connectivity index (χ0v) is 11.7. The van der Waals surface area contributed by atoms with E-state index < -0.39 is 0 Å². The summed E-state index contributed by atoms with van der Waals surface area (Å²) in [7, 11) is 0. The fourth-order valence-electron chi connectivity index (χ4n) is 1.85. The molecule has 0 amide bonds. The zero-order chi connectivity index (χ0) is 13.1. The number of hydrogen-bond acceptors (Lipinski definition) is 5. The molecule has 1 N–H and O–H groups in total. The van der Waals surface area contributed by atoms with E-state index in [1.54, 1.807) is 18.0 Å². The third-order valence-corrected chi connectivity index (χ3v) is 3.90. The lowest BCUT2D eigenvalue weighted by Crippen LogP contribution is -2.03. The molecule has 1 fully saturated rings. The highest BCUT2D eigenvalue weighted by molar-refractivity contribution is 7.98. The Kier molecular flexibility index (Phi) is 3.73. The van der Waals surface area contributed by atoms with Crippen molar-refractivity contribution in [3.05, 3.63) is 36.0 Å². The van der Waals surface area contributed by atoms with Crippen molar-refractivity contribution in [1.82, 2.24) is 9.97 Å². The molecule has 0 aromatic carbocycles. The molecule has 0 bridgehead atoms. The van der Waals surface area contributed by atoms with Gasteiger partial charge in [0.25, 0.3) is 0 Å². The second-order valence-electron chi connectivity index (χ2n) is 4.62. The van der Waals surface area contributed by atoms with Gasteiger partial charge in [-0.15, -0.1) is 0 Å². The SMILES string of the molecule is CCNc1cc(SCc2ccco2)nc(C2CC2)n1. The van der Waals surface area contributed by atoms with Crippen LogP contribution >= 0.6 is 11.8 Å². The molecule has 0 saturated heterocycles. The number of thioether (sulfide) groups is 1. The number of anilines is 1. The summed E-state index contributed by atoms with van der Waals surface area (Å²) in [6.45, 7) is 2.96. The van der Waals surface area contributed by atoms with E-state index in [2.05, 4.69) is 22.2 Å². The Morgan fingerprint density at radius 2 is 2.32 bits per heavy atom. The van der Waals surface area contributed by atoms with E-state index in [0.29, 0.717) is 5.92 Å². The van der Waals surface area contributed by atoms with Crippen LogP contribution in [0.15, 0.2) is 33.9 Å². The van der Waals surface area contributed by atoms with Crippen molar-refractivity contribution in [3.63, 3.8) is 0 Å². The molecule has 0 aliphatic heterocycles. The molecule has 0 radical (unpaired) electrons. The fraction of sp³-hybridized carbons (Fsp3) is 0.429. The van der Waals surface area contributed by atoms with E-state index in [1.807, 2.05) is 18.2 Å². The minimum Gasteiger partial charge on any atom is -0.468 e. The molecule has 1 aliphatic rings. The maximum atomic E-state index is 5.34. The smallest absolute Gasteiger partial charge is 0.135 e. The Morgan fingerprint density at radius 1 is 1.42 bits per heavy atom. The van der Waals surface area contributed by atoms with E-state index in [1.165, 1.54) is 12.8 Å². The van der Waals surface area contributed by atoms with Crippen molar-refractivity contribution >= 4 is 17.6 Å². The first-order valence-electron chi connectivity index (χ1n) is 6.63. The van der Waals surface area contributed by atoms with Gasteiger partial charge in [-0.2, -0.15) is 0 Å². The molecule has 4 nitrogen and oxygen atoms in total. The summed E-state index contributed by atoms with van der Waals surface area (Å²) in [4.78, 5) is 9.22. The Morgan fingerprint density at radius 3 is 3.00 bits per heavy atom. The molecule has 0 atom stereocenters. The summed E-state index contributed by atoms with van der Waals surface area (Å²) >= 11 is 1.69. The molecule has 0 spiro atoms. The van der Waals surface area contributed by atoms with Crippen molar-refractivity contribution in [2.24, 2.45) is 0 Å². The van der Waals surface area contributed by atoms with Crippen LogP contribution in [0.1, 0.15) is 37.3 Å². The van der Waals surface area contributed by atoms with Gasteiger partial charge >= 0.3 is 0 Å². The van der Waals surface area contributed by atoms with Crippen molar-refractivity contribution in [2.45, 2.75) is 36.5 Å². The Labute approximate surface area is 117 Å². The quantitative estimate of drug-likeness (QED) is 0.644. The topological polar surface area (TPSA) is 51.0 Å². The van der Waals surface area contributed by atoms with Crippen LogP contribution in [-0.4, -0.2) is 16.5 Å². The number of hydrogen-bond donors (Lipinski definition) is 1. The highest BCUT2D eigenvalue weighted by Gasteiger charge is 2.27. The lowest BCUT2D eigenvalue weighted by atomic mass is 10.4. The van der Waals surface area contributed by atoms with Crippen LogP contribution in [0, 0.1) is 0 Å². The van der Waals surface area contributed by atoms with Crippen molar-refractivity contribution in [1.29, 1.82) is 0 Å². The van der Waals surface area contributed by atoms with Gasteiger partial charge in [-0.25, -0.2) is 9.97 Å². The van der Waals surface area contributed by atoms with Crippen LogP contribution in [0.25, 0.3) is 0 Å². The number of nitrogens with one attached hydrogen (secondary N) is 1. The summed E-state index contributed by atoms with van der Waals surface area (Å²) in [5, 5.41) is 4.29. The summed E-state index contributed by atoms with van der Waals surface area (Å²) in [6, 6.07) is 5.92. The molecule has 19 heavy (non-hydrogen) atoms. The van der Waals surface area contributed by atoms with Gasteiger partial charge in [0.15, 0.2) is 0 Å².